The highest BCUT2D eigenvalue weighted by molar-refractivity contribution is 8.00. The Hall–Kier alpha value is -0.880. The van der Waals surface area contributed by atoms with Crippen molar-refractivity contribution in [2.45, 2.75) is 29.0 Å². The molecule has 94 valence electrons. The van der Waals surface area contributed by atoms with Gasteiger partial charge in [0, 0.05) is 34.2 Å². The number of hydrogen-bond donors (Lipinski definition) is 2. The second kappa shape index (κ2) is 5.40. The Bertz CT molecular complexity index is 485. The zero-order chi connectivity index (χ0) is 12.4. The lowest BCUT2D eigenvalue weighted by Gasteiger charge is -2.20. The van der Waals surface area contributed by atoms with Crippen LogP contribution in [0.25, 0.3) is 0 Å². The average molecular weight is 277 g/mol. The van der Waals surface area contributed by atoms with Crippen LogP contribution < -0.4 is 11.3 Å². The van der Waals surface area contributed by atoms with Gasteiger partial charge in [-0.25, -0.2) is 4.98 Å². The van der Waals surface area contributed by atoms with Gasteiger partial charge >= 0.3 is 0 Å². The first-order chi connectivity index (χ1) is 8.86. The van der Waals surface area contributed by atoms with Crippen LogP contribution in [0.15, 0.2) is 40.7 Å². The van der Waals surface area contributed by atoms with Crippen LogP contribution in [0.3, 0.4) is 0 Å². The van der Waals surface area contributed by atoms with E-state index in [-0.39, 0.29) is 6.04 Å². The molecule has 0 fully saturated rings. The molecule has 1 aliphatic rings. The third-order valence-corrected chi connectivity index (χ3v) is 5.47. The molecular weight excluding hydrogens is 262 g/mol. The molecule has 0 saturated carbocycles. The number of rotatable bonds is 4. The summed E-state index contributed by atoms with van der Waals surface area (Å²) in [5.74, 6) is 5.72. The highest BCUT2D eigenvalue weighted by atomic mass is 32.2. The van der Waals surface area contributed by atoms with Crippen LogP contribution in [-0.4, -0.2) is 16.3 Å². The fourth-order valence-corrected chi connectivity index (χ4v) is 4.34. The average Bonchev–Trinajstić information content (AvgIpc) is 3.04. The van der Waals surface area contributed by atoms with Crippen LogP contribution in [-0.2, 0) is 12.8 Å². The van der Waals surface area contributed by atoms with Crippen molar-refractivity contribution in [3.8, 4) is 0 Å². The summed E-state index contributed by atoms with van der Waals surface area (Å²) in [6, 6.07) is 8.87. The Morgan fingerprint density at radius 1 is 1.44 bits per heavy atom. The molecule has 3 nitrogen and oxygen atoms in total. The summed E-state index contributed by atoms with van der Waals surface area (Å²) in [6.45, 7) is 0. The minimum Gasteiger partial charge on any atom is -0.271 e. The molecule has 2 atom stereocenters. The number of thioether (sulfide) groups is 1. The first-order valence-electron chi connectivity index (χ1n) is 5.96. The molecule has 3 N–H and O–H groups in total. The topological polar surface area (TPSA) is 50.9 Å². The molecule has 0 spiro atoms. The molecule has 1 aromatic carbocycles. The van der Waals surface area contributed by atoms with E-state index in [4.69, 9.17) is 5.84 Å². The van der Waals surface area contributed by atoms with Crippen molar-refractivity contribution in [2.75, 3.05) is 0 Å². The number of nitrogens with one attached hydrogen (secondary N) is 1. The van der Waals surface area contributed by atoms with Gasteiger partial charge in [0.25, 0.3) is 0 Å². The summed E-state index contributed by atoms with van der Waals surface area (Å²) < 4.78 is 0. The molecule has 2 heterocycles. The van der Waals surface area contributed by atoms with Crippen LogP contribution in [0.1, 0.15) is 10.6 Å². The van der Waals surface area contributed by atoms with E-state index in [2.05, 4.69) is 34.7 Å². The first kappa shape index (κ1) is 12.2. The first-order valence-corrected chi connectivity index (χ1v) is 7.72. The van der Waals surface area contributed by atoms with Crippen molar-refractivity contribution < 1.29 is 0 Å². The summed E-state index contributed by atoms with van der Waals surface area (Å²) in [6.07, 6.45) is 3.84. The van der Waals surface area contributed by atoms with Gasteiger partial charge in [0.2, 0.25) is 0 Å². The van der Waals surface area contributed by atoms with Crippen LogP contribution in [0, 0.1) is 0 Å². The van der Waals surface area contributed by atoms with Gasteiger partial charge in [-0.1, -0.05) is 18.2 Å². The van der Waals surface area contributed by atoms with E-state index in [1.54, 1.807) is 11.3 Å². The molecular formula is C13H15N3S2. The van der Waals surface area contributed by atoms with E-state index in [9.17, 15) is 0 Å². The Kier molecular flexibility index (Phi) is 3.65. The number of aromatic nitrogens is 1. The lowest BCUT2D eigenvalue weighted by atomic mass is 10.0. The van der Waals surface area contributed by atoms with E-state index in [0.717, 1.165) is 17.8 Å². The molecule has 0 amide bonds. The molecule has 0 saturated heterocycles. The second-order valence-corrected chi connectivity index (χ2v) is 6.63. The largest absolute Gasteiger partial charge is 0.271 e. The smallest absolute Gasteiger partial charge is 0.0941 e. The minimum absolute atomic E-state index is 0.272. The number of fused-ring (bicyclic) bond motifs is 1. The number of nitrogens with two attached hydrogens (primary N) is 1. The zero-order valence-corrected chi connectivity index (χ0v) is 11.5. The summed E-state index contributed by atoms with van der Waals surface area (Å²) in [7, 11) is 0. The second-order valence-electron chi connectivity index (χ2n) is 4.37. The van der Waals surface area contributed by atoms with E-state index in [0.29, 0.717) is 5.25 Å². The van der Waals surface area contributed by atoms with E-state index >= 15 is 0 Å². The molecule has 2 unspecified atom stereocenters. The summed E-state index contributed by atoms with van der Waals surface area (Å²) in [4.78, 5) is 5.73. The maximum Gasteiger partial charge on any atom is 0.0941 e. The molecule has 5 heteroatoms. The van der Waals surface area contributed by atoms with Crippen LogP contribution in [0.2, 0.25) is 0 Å². The van der Waals surface area contributed by atoms with E-state index in [1.165, 1.54) is 10.5 Å². The zero-order valence-electron chi connectivity index (χ0n) is 9.87. The number of hydrogen-bond acceptors (Lipinski definition) is 5. The normalized spacial score (nSPS) is 19.7. The fourth-order valence-electron chi connectivity index (χ4n) is 2.27. The highest BCUT2D eigenvalue weighted by Crippen LogP contribution is 2.38. The Morgan fingerprint density at radius 2 is 2.33 bits per heavy atom. The van der Waals surface area contributed by atoms with Crippen molar-refractivity contribution in [1.29, 1.82) is 0 Å². The Balaban J connectivity index is 1.71. The quantitative estimate of drug-likeness (QED) is 0.665. The molecule has 18 heavy (non-hydrogen) atoms. The van der Waals surface area contributed by atoms with Crippen molar-refractivity contribution in [3.63, 3.8) is 0 Å². The van der Waals surface area contributed by atoms with Crippen molar-refractivity contribution >= 4 is 23.1 Å². The van der Waals surface area contributed by atoms with Crippen molar-refractivity contribution in [1.82, 2.24) is 10.4 Å². The Labute approximate surface area is 115 Å². The third-order valence-electron chi connectivity index (χ3n) is 3.21. The summed E-state index contributed by atoms with van der Waals surface area (Å²) in [5, 5.41) is 3.66. The van der Waals surface area contributed by atoms with Gasteiger partial charge in [0.1, 0.15) is 0 Å². The monoisotopic (exact) mass is 277 g/mol. The van der Waals surface area contributed by atoms with Crippen LogP contribution in [0.4, 0.5) is 0 Å². The summed E-state index contributed by atoms with van der Waals surface area (Å²) in [5.41, 5.74) is 4.40. The van der Waals surface area contributed by atoms with Gasteiger partial charge in [-0.05, 0) is 18.1 Å². The van der Waals surface area contributed by atoms with Crippen molar-refractivity contribution in [3.05, 3.63) is 46.4 Å². The van der Waals surface area contributed by atoms with E-state index < -0.39 is 0 Å². The maximum atomic E-state index is 5.72. The predicted molar refractivity (Wildman–Crippen MR) is 76.7 cm³/mol. The highest BCUT2D eigenvalue weighted by Gasteiger charge is 2.29. The molecule has 1 aromatic heterocycles. The van der Waals surface area contributed by atoms with Crippen LogP contribution >= 0.6 is 23.1 Å². The molecule has 3 rings (SSSR count). The molecule has 1 aliphatic heterocycles. The molecule has 2 aromatic rings. The number of nitrogens with zero attached hydrogens (tertiary/aromatic N) is 1. The molecule has 0 aliphatic carbocycles. The van der Waals surface area contributed by atoms with Gasteiger partial charge < -0.3 is 0 Å². The number of thiazole rings is 1. The maximum absolute atomic E-state index is 5.72. The number of hydrazine groups is 1. The minimum atomic E-state index is 0.272. The van der Waals surface area contributed by atoms with Gasteiger partial charge in [-0.15, -0.1) is 23.1 Å². The van der Waals surface area contributed by atoms with Gasteiger partial charge in [-0.2, -0.15) is 0 Å². The number of benzene rings is 1. The third kappa shape index (κ3) is 2.44. The fraction of sp³-hybridized carbons (Fsp3) is 0.308. The molecule has 0 radical (unpaired) electrons. The standard InChI is InChI=1S/C13H15N3S2/c14-16-10(8-13-15-5-6-17-13)12-7-9-3-1-2-4-11(9)18-12/h1-6,10,12,16H,7-8,14H2. The van der Waals surface area contributed by atoms with Gasteiger partial charge in [0.15, 0.2) is 0 Å². The van der Waals surface area contributed by atoms with Crippen molar-refractivity contribution in [2.24, 2.45) is 5.84 Å². The lowest BCUT2D eigenvalue weighted by Crippen LogP contribution is -2.44. The predicted octanol–water partition coefficient (Wildman–Crippen LogP) is 2.23. The summed E-state index contributed by atoms with van der Waals surface area (Å²) >= 11 is 3.62. The van der Waals surface area contributed by atoms with Gasteiger partial charge in [-0.3, -0.25) is 11.3 Å². The SMILES string of the molecule is NNC(Cc1nccs1)C1Cc2ccccc2S1. The van der Waals surface area contributed by atoms with Crippen LogP contribution in [0.5, 0.6) is 0 Å². The molecule has 0 bridgehead atoms. The van der Waals surface area contributed by atoms with E-state index in [1.807, 2.05) is 23.3 Å². The lowest BCUT2D eigenvalue weighted by molar-refractivity contribution is 0.505. The van der Waals surface area contributed by atoms with Gasteiger partial charge in [0.05, 0.1) is 5.01 Å². The Morgan fingerprint density at radius 3 is 3.06 bits per heavy atom.